The SMILES string of the molecule is CC=O.Cc1ccc(N(C)c2ccc(NC(=O)CCCCc3ccccc3)cc2C(=O)c2ccccc2)cc1. The largest absolute Gasteiger partial charge is 0.344 e. The number of anilines is 3. The van der Waals surface area contributed by atoms with Gasteiger partial charge in [-0.25, -0.2) is 0 Å². The summed E-state index contributed by atoms with van der Waals surface area (Å²) in [6.45, 7) is 3.49. The Bertz CT molecular complexity index is 1350. The molecule has 0 radical (unpaired) electrons. The average molecular weight is 521 g/mol. The Labute approximate surface area is 231 Å². The maximum atomic E-state index is 13.5. The van der Waals surface area contributed by atoms with Crippen molar-refractivity contribution in [2.24, 2.45) is 0 Å². The van der Waals surface area contributed by atoms with Crippen LogP contribution in [0, 0.1) is 6.92 Å². The Morgan fingerprint density at radius 2 is 1.44 bits per heavy atom. The maximum Gasteiger partial charge on any atom is 0.224 e. The van der Waals surface area contributed by atoms with Crippen molar-refractivity contribution in [1.29, 1.82) is 0 Å². The molecule has 0 spiro atoms. The van der Waals surface area contributed by atoms with Gasteiger partial charge in [-0.15, -0.1) is 0 Å². The van der Waals surface area contributed by atoms with E-state index in [4.69, 9.17) is 4.79 Å². The third-order valence-electron chi connectivity index (χ3n) is 6.31. The van der Waals surface area contributed by atoms with Gasteiger partial charge in [-0.3, -0.25) is 9.59 Å². The van der Waals surface area contributed by atoms with Crippen LogP contribution >= 0.6 is 0 Å². The van der Waals surface area contributed by atoms with E-state index in [-0.39, 0.29) is 11.7 Å². The fourth-order valence-corrected chi connectivity index (χ4v) is 4.22. The number of hydrogen-bond acceptors (Lipinski definition) is 4. The molecule has 0 unspecified atom stereocenters. The summed E-state index contributed by atoms with van der Waals surface area (Å²) in [5, 5.41) is 2.99. The zero-order chi connectivity index (χ0) is 28.0. The summed E-state index contributed by atoms with van der Waals surface area (Å²) in [5.74, 6) is -0.121. The van der Waals surface area contributed by atoms with E-state index >= 15 is 0 Å². The van der Waals surface area contributed by atoms with E-state index in [1.54, 1.807) is 6.07 Å². The first-order valence-corrected chi connectivity index (χ1v) is 13.2. The number of benzene rings is 4. The van der Waals surface area contributed by atoms with Crippen LogP contribution < -0.4 is 10.2 Å². The van der Waals surface area contributed by atoms with Crippen molar-refractivity contribution in [3.05, 3.63) is 125 Å². The van der Waals surface area contributed by atoms with Crippen LogP contribution in [0.25, 0.3) is 0 Å². The summed E-state index contributed by atoms with van der Waals surface area (Å²) in [4.78, 5) is 37.0. The normalized spacial score (nSPS) is 10.1. The van der Waals surface area contributed by atoms with Gasteiger partial charge in [0, 0.05) is 36.0 Å². The van der Waals surface area contributed by atoms with Crippen molar-refractivity contribution in [1.82, 2.24) is 0 Å². The van der Waals surface area contributed by atoms with Crippen LogP contribution in [-0.4, -0.2) is 25.0 Å². The molecule has 0 saturated heterocycles. The molecule has 0 heterocycles. The summed E-state index contributed by atoms with van der Waals surface area (Å²) in [7, 11) is 1.95. The van der Waals surface area contributed by atoms with Gasteiger partial charge in [-0.1, -0.05) is 78.4 Å². The average Bonchev–Trinajstić information content (AvgIpc) is 2.96. The molecule has 200 valence electrons. The number of amides is 1. The van der Waals surface area contributed by atoms with E-state index in [0.29, 0.717) is 23.2 Å². The first-order chi connectivity index (χ1) is 18.9. The summed E-state index contributed by atoms with van der Waals surface area (Å²) < 4.78 is 0. The Morgan fingerprint density at radius 1 is 0.821 bits per heavy atom. The van der Waals surface area contributed by atoms with E-state index in [1.165, 1.54) is 18.1 Å². The van der Waals surface area contributed by atoms with Gasteiger partial charge in [0.2, 0.25) is 5.91 Å². The van der Waals surface area contributed by atoms with Crippen LogP contribution in [-0.2, 0) is 16.0 Å². The molecule has 0 aliphatic carbocycles. The zero-order valence-electron chi connectivity index (χ0n) is 22.9. The maximum absolute atomic E-state index is 13.5. The van der Waals surface area contributed by atoms with Crippen LogP contribution in [0.1, 0.15) is 53.2 Å². The van der Waals surface area contributed by atoms with Gasteiger partial charge >= 0.3 is 0 Å². The number of rotatable bonds is 10. The van der Waals surface area contributed by atoms with Crippen molar-refractivity contribution >= 4 is 35.0 Å². The van der Waals surface area contributed by atoms with Crippen LogP contribution in [0.2, 0.25) is 0 Å². The van der Waals surface area contributed by atoms with Gasteiger partial charge in [0.25, 0.3) is 0 Å². The van der Waals surface area contributed by atoms with Crippen LogP contribution in [0.3, 0.4) is 0 Å². The highest BCUT2D eigenvalue weighted by Crippen LogP contribution is 2.31. The Morgan fingerprint density at radius 3 is 2.08 bits per heavy atom. The molecule has 1 amide bonds. The van der Waals surface area contributed by atoms with Gasteiger partial charge in [0.05, 0.1) is 5.69 Å². The first kappa shape index (κ1) is 29.1. The molecular formula is C34H36N2O3. The second-order valence-electron chi connectivity index (χ2n) is 9.30. The van der Waals surface area contributed by atoms with Gasteiger partial charge in [0.15, 0.2) is 5.78 Å². The summed E-state index contributed by atoms with van der Waals surface area (Å²) in [5.41, 5.74) is 6.02. The van der Waals surface area contributed by atoms with E-state index < -0.39 is 0 Å². The lowest BCUT2D eigenvalue weighted by Gasteiger charge is -2.23. The molecule has 0 bridgehead atoms. The lowest BCUT2D eigenvalue weighted by atomic mass is 10.00. The van der Waals surface area contributed by atoms with Gasteiger partial charge in [-0.2, -0.15) is 0 Å². The summed E-state index contributed by atoms with van der Waals surface area (Å²) >= 11 is 0. The number of unbranched alkanes of at least 4 members (excludes halogenated alkanes) is 1. The molecule has 0 aliphatic rings. The lowest BCUT2D eigenvalue weighted by molar-refractivity contribution is -0.116. The van der Waals surface area contributed by atoms with E-state index in [9.17, 15) is 9.59 Å². The number of nitrogens with one attached hydrogen (secondary N) is 1. The number of aryl methyl sites for hydroxylation is 2. The van der Waals surface area contributed by atoms with Gasteiger partial charge in [0.1, 0.15) is 6.29 Å². The Balaban J connectivity index is 0.00000134. The quantitative estimate of drug-likeness (QED) is 0.133. The minimum atomic E-state index is -0.0801. The summed E-state index contributed by atoms with van der Waals surface area (Å²) in [6, 6.07) is 33.3. The molecule has 4 aromatic rings. The zero-order valence-corrected chi connectivity index (χ0v) is 22.9. The van der Waals surface area contributed by atoms with E-state index in [0.717, 1.165) is 36.9 Å². The number of aldehydes is 1. The third kappa shape index (κ3) is 8.78. The van der Waals surface area contributed by atoms with Crippen molar-refractivity contribution in [3.63, 3.8) is 0 Å². The van der Waals surface area contributed by atoms with Gasteiger partial charge in [-0.05, 0) is 69.0 Å². The molecular weight excluding hydrogens is 484 g/mol. The molecule has 0 saturated carbocycles. The molecule has 0 aliphatic heterocycles. The molecule has 5 heteroatoms. The van der Waals surface area contributed by atoms with E-state index in [2.05, 4.69) is 29.6 Å². The molecule has 5 nitrogen and oxygen atoms in total. The summed E-state index contributed by atoms with van der Waals surface area (Å²) in [6.07, 6.45) is 3.92. The van der Waals surface area contributed by atoms with Crippen molar-refractivity contribution in [3.8, 4) is 0 Å². The number of nitrogens with zero attached hydrogens (tertiary/aromatic N) is 1. The third-order valence-corrected chi connectivity index (χ3v) is 6.31. The highest BCUT2D eigenvalue weighted by atomic mass is 16.1. The second kappa shape index (κ2) is 15.0. The number of carbonyl (C=O) groups excluding carboxylic acids is 3. The van der Waals surface area contributed by atoms with Crippen molar-refractivity contribution in [2.75, 3.05) is 17.3 Å². The van der Waals surface area contributed by atoms with Crippen LogP contribution in [0.15, 0.2) is 103 Å². The minimum Gasteiger partial charge on any atom is -0.344 e. The van der Waals surface area contributed by atoms with Crippen molar-refractivity contribution < 1.29 is 14.4 Å². The van der Waals surface area contributed by atoms with Crippen LogP contribution in [0.4, 0.5) is 17.1 Å². The fraction of sp³-hybridized carbons (Fsp3) is 0.206. The predicted octanol–water partition coefficient (Wildman–Crippen LogP) is 7.55. The van der Waals surface area contributed by atoms with Crippen LogP contribution in [0.5, 0.6) is 0 Å². The highest BCUT2D eigenvalue weighted by Gasteiger charge is 2.18. The molecule has 0 atom stereocenters. The topological polar surface area (TPSA) is 66.5 Å². The first-order valence-electron chi connectivity index (χ1n) is 13.2. The molecule has 1 N–H and O–H groups in total. The number of carbonyl (C=O) groups is 3. The fourth-order valence-electron chi connectivity index (χ4n) is 4.22. The number of ketones is 1. The lowest BCUT2D eigenvalue weighted by Crippen LogP contribution is -2.16. The monoisotopic (exact) mass is 520 g/mol. The second-order valence-corrected chi connectivity index (χ2v) is 9.30. The standard InChI is InChI=1S/C32H32N2O2.C2H4O/c1-24-17-20-28(21-18-24)34(2)30-22-19-27(23-29(30)32(36)26-14-7-4-8-15-26)33-31(35)16-10-9-13-25-11-5-3-6-12-25;1-2-3/h3-8,11-12,14-15,17-23H,9-10,13,16H2,1-2H3,(H,33,35);2H,1H3. The molecule has 0 fully saturated rings. The predicted molar refractivity (Wildman–Crippen MR) is 160 cm³/mol. The van der Waals surface area contributed by atoms with E-state index in [1.807, 2.05) is 91.7 Å². The molecule has 4 rings (SSSR count). The highest BCUT2D eigenvalue weighted by molar-refractivity contribution is 6.13. The molecule has 4 aromatic carbocycles. The van der Waals surface area contributed by atoms with Crippen molar-refractivity contribution in [2.45, 2.75) is 39.5 Å². The number of hydrogen-bond donors (Lipinski definition) is 1. The smallest absolute Gasteiger partial charge is 0.224 e. The Kier molecular flexibility index (Phi) is 11.2. The minimum absolute atomic E-state index is 0.0409. The molecule has 0 aromatic heterocycles. The molecule has 39 heavy (non-hydrogen) atoms. The van der Waals surface area contributed by atoms with Gasteiger partial charge < -0.3 is 15.0 Å². The Hall–Kier alpha value is -4.51.